The van der Waals surface area contributed by atoms with Crippen LogP contribution in [-0.4, -0.2) is 19.5 Å². The number of ether oxygens (including phenoxy) is 1. The van der Waals surface area contributed by atoms with Gasteiger partial charge in [0.25, 0.3) is 10.0 Å². The summed E-state index contributed by atoms with van der Waals surface area (Å²) < 4.78 is 32.3. The molecule has 2 N–H and O–H groups in total. The van der Waals surface area contributed by atoms with Gasteiger partial charge in [-0.2, -0.15) is 0 Å². The Morgan fingerprint density at radius 2 is 1.63 bits per heavy atom. The summed E-state index contributed by atoms with van der Waals surface area (Å²) in [4.78, 5) is 12.3. The zero-order valence-electron chi connectivity index (χ0n) is 14.4. The average Bonchev–Trinajstić information content (AvgIpc) is 2.62. The number of rotatable bonds is 5. The molecule has 3 aromatic carbocycles. The normalized spacial score (nSPS) is 11.0. The van der Waals surface area contributed by atoms with E-state index < -0.39 is 16.0 Å². The smallest absolute Gasteiger partial charge is 0.347 e. The van der Waals surface area contributed by atoms with Gasteiger partial charge < -0.3 is 9.84 Å². The maximum atomic E-state index is 12.4. The van der Waals surface area contributed by atoms with Crippen LogP contribution in [0.5, 0.6) is 11.5 Å². The molecule has 0 bridgehead atoms. The van der Waals surface area contributed by atoms with Crippen molar-refractivity contribution in [1.82, 2.24) is 0 Å². The lowest BCUT2D eigenvalue weighted by molar-refractivity contribution is 0.0731. The zero-order valence-corrected chi connectivity index (χ0v) is 15.2. The van der Waals surface area contributed by atoms with Crippen LogP contribution in [0.1, 0.15) is 15.9 Å². The summed E-state index contributed by atoms with van der Waals surface area (Å²) in [6.07, 6.45) is 0. The maximum Gasteiger partial charge on any atom is 0.347 e. The lowest BCUT2D eigenvalue weighted by Crippen LogP contribution is -2.13. The molecule has 138 valence electrons. The molecule has 0 aliphatic heterocycles. The highest BCUT2D eigenvalue weighted by molar-refractivity contribution is 7.92. The van der Waals surface area contributed by atoms with E-state index in [-0.39, 0.29) is 21.9 Å². The topological polar surface area (TPSA) is 92.7 Å². The number of anilines is 1. The number of aryl methyl sites for hydroxylation is 1. The molecule has 0 aliphatic carbocycles. The summed E-state index contributed by atoms with van der Waals surface area (Å²) in [6.45, 7) is 1.86. The number of esters is 1. The second-order valence-electron chi connectivity index (χ2n) is 5.85. The fourth-order valence-electron chi connectivity index (χ4n) is 2.35. The minimum atomic E-state index is -3.81. The Balaban J connectivity index is 1.78. The lowest BCUT2D eigenvalue weighted by Gasteiger charge is -2.10. The molecule has 0 saturated heterocycles. The molecule has 27 heavy (non-hydrogen) atoms. The van der Waals surface area contributed by atoms with Gasteiger partial charge in [0.1, 0.15) is 17.1 Å². The van der Waals surface area contributed by atoms with E-state index in [2.05, 4.69) is 4.72 Å². The fraction of sp³-hybridized carbons (Fsp3) is 0.0500. The molecule has 6 nitrogen and oxygen atoms in total. The summed E-state index contributed by atoms with van der Waals surface area (Å²) >= 11 is 0. The summed E-state index contributed by atoms with van der Waals surface area (Å²) in [7, 11) is -3.81. The van der Waals surface area contributed by atoms with E-state index in [1.807, 2.05) is 6.92 Å². The van der Waals surface area contributed by atoms with E-state index in [0.29, 0.717) is 5.75 Å². The van der Waals surface area contributed by atoms with Crippen molar-refractivity contribution in [3.63, 3.8) is 0 Å². The van der Waals surface area contributed by atoms with E-state index in [0.717, 1.165) is 11.6 Å². The summed E-state index contributed by atoms with van der Waals surface area (Å²) in [5.41, 5.74) is 0.995. The monoisotopic (exact) mass is 383 g/mol. The van der Waals surface area contributed by atoms with Gasteiger partial charge >= 0.3 is 5.97 Å². The number of sulfonamides is 1. The van der Waals surface area contributed by atoms with Gasteiger partial charge in [-0.15, -0.1) is 0 Å². The summed E-state index contributed by atoms with van der Waals surface area (Å²) in [5, 5.41) is 10.1. The first-order chi connectivity index (χ1) is 12.8. The molecule has 0 unspecified atom stereocenters. The molecule has 0 fully saturated rings. The Hall–Kier alpha value is -3.32. The Bertz CT molecular complexity index is 1060. The van der Waals surface area contributed by atoms with Crippen molar-refractivity contribution >= 4 is 21.7 Å². The lowest BCUT2D eigenvalue weighted by atomic mass is 10.2. The van der Waals surface area contributed by atoms with Gasteiger partial charge in [0.15, 0.2) is 0 Å². The third-order valence-electron chi connectivity index (χ3n) is 3.75. The maximum absolute atomic E-state index is 12.4. The van der Waals surface area contributed by atoms with Crippen molar-refractivity contribution in [3.05, 3.63) is 83.9 Å². The van der Waals surface area contributed by atoms with Crippen LogP contribution in [0.2, 0.25) is 0 Å². The molecule has 3 rings (SSSR count). The molecule has 3 aromatic rings. The van der Waals surface area contributed by atoms with Crippen molar-refractivity contribution in [2.24, 2.45) is 0 Å². The van der Waals surface area contributed by atoms with E-state index in [1.165, 1.54) is 24.3 Å². The molecular formula is C20H17NO5S. The van der Waals surface area contributed by atoms with Gasteiger partial charge in [-0.1, -0.05) is 35.9 Å². The highest BCUT2D eigenvalue weighted by atomic mass is 32.2. The molecule has 0 heterocycles. The fourth-order valence-corrected chi connectivity index (χ4v) is 3.40. The number of hydrogen-bond acceptors (Lipinski definition) is 5. The Morgan fingerprint density at radius 3 is 2.26 bits per heavy atom. The average molecular weight is 383 g/mol. The highest BCUT2D eigenvalue weighted by Crippen LogP contribution is 2.25. The van der Waals surface area contributed by atoms with Crippen molar-refractivity contribution in [2.45, 2.75) is 11.8 Å². The Morgan fingerprint density at radius 1 is 0.963 bits per heavy atom. The van der Waals surface area contributed by atoms with E-state index in [4.69, 9.17) is 4.74 Å². The number of carbonyl (C=O) groups excluding carboxylic acids is 1. The zero-order chi connectivity index (χ0) is 19.4. The van der Waals surface area contributed by atoms with Gasteiger partial charge in [-0.3, -0.25) is 4.72 Å². The first kappa shape index (κ1) is 18.5. The molecule has 0 radical (unpaired) electrons. The SMILES string of the molecule is Cc1ccc(S(=O)(=O)Nc2ccc(C(=O)Oc3ccccc3)c(O)c2)cc1. The van der Waals surface area contributed by atoms with Crippen molar-refractivity contribution in [1.29, 1.82) is 0 Å². The molecule has 0 atom stereocenters. The number of phenolic OH excluding ortho intramolecular Hbond substituents is 1. The van der Waals surface area contributed by atoms with E-state index in [1.54, 1.807) is 42.5 Å². The quantitative estimate of drug-likeness (QED) is 0.517. The third-order valence-corrected chi connectivity index (χ3v) is 5.15. The van der Waals surface area contributed by atoms with Crippen molar-refractivity contribution < 1.29 is 23.1 Å². The second kappa shape index (κ2) is 7.51. The van der Waals surface area contributed by atoms with Gasteiger partial charge in [-0.25, -0.2) is 13.2 Å². The van der Waals surface area contributed by atoms with E-state index >= 15 is 0 Å². The van der Waals surface area contributed by atoms with Crippen LogP contribution in [0.4, 0.5) is 5.69 Å². The highest BCUT2D eigenvalue weighted by Gasteiger charge is 2.17. The Kier molecular flexibility index (Phi) is 5.14. The largest absolute Gasteiger partial charge is 0.507 e. The van der Waals surface area contributed by atoms with Gasteiger partial charge in [0, 0.05) is 6.07 Å². The van der Waals surface area contributed by atoms with Crippen LogP contribution < -0.4 is 9.46 Å². The molecular weight excluding hydrogens is 366 g/mol. The number of carbonyl (C=O) groups is 1. The minimum absolute atomic E-state index is 0.0721. The molecule has 0 spiro atoms. The number of phenols is 1. The van der Waals surface area contributed by atoms with Crippen LogP contribution in [0.25, 0.3) is 0 Å². The predicted octanol–water partition coefficient (Wildman–Crippen LogP) is 3.72. The van der Waals surface area contributed by atoms with Gasteiger partial charge in [0.2, 0.25) is 0 Å². The van der Waals surface area contributed by atoms with Crippen LogP contribution in [-0.2, 0) is 10.0 Å². The standard InChI is InChI=1S/C20H17NO5S/c1-14-7-10-17(11-8-14)27(24,25)21-15-9-12-18(19(22)13-15)20(23)26-16-5-3-2-4-6-16/h2-13,21-22H,1H3. The van der Waals surface area contributed by atoms with Crippen LogP contribution in [0, 0.1) is 6.92 Å². The number of hydrogen-bond donors (Lipinski definition) is 2. The molecule has 0 aromatic heterocycles. The summed E-state index contributed by atoms with van der Waals surface area (Å²) in [5.74, 6) is -0.794. The van der Waals surface area contributed by atoms with E-state index in [9.17, 15) is 18.3 Å². The summed E-state index contributed by atoms with van der Waals surface area (Å²) in [6, 6.07) is 18.6. The Labute approximate surface area is 157 Å². The number of aromatic hydroxyl groups is 1. The van der Waals surface area contributed by atoms with Crippen LogP contribution >= 0.6 is 0 Å². The number of para-hydroxylation sites is 1. The van der Waals surface area contributed by atoms with Gasteiger partial charge in [-0.05, 0) is 43.3 Å². The predicted molar refractivity (Wildman–Crippen MR) is 101 cm³/mol. The molecule has 7 heteroatoms. The third kappa shape index (κ3) is 4.45. The van der Waals surface area contributed by atoms with Crippen LogP contribution in [0.15, 0.2) is 77.7 Å². The first-order valence-electron chi connectivity index (χ1n) is 8.05. The van der Waals surface area contributed by atoms with Crippen molar-refractivity contribution in [3.8, 4) is 11.5 Å². The van der Waals surface area contributed by atoms with Crippen LogP contribution in [0.3, 0.4) is 0 Å². The molecule has 0 aliphatic rings. The second-order valence-corrected chi connectivity index (χ2v) is 7.54. The minimum Gasteiger partial charge on any atom is -0.507 e. The first-order valence-corrected chi connectivity index (χ1v) is 9.53. The molecule has 0 saturated carbocycles. The number of benzene rings is 3. The van der Waals surface area contributed by atoms with Gasteiger partial charge in [0.05, 0.1) is 10.6 Å². The van der Waals surface area contributed by atoms with Crippen molar-refractivity contribution in [2.75, 3.05) is 4.72 Å². The molecule has 0 amide bonds. The number of nitrogens with one attached hydrogen (secondary N) is 1.